The van der Waals surface area contributed by atoms with Gasteiger partial charge in [-0.25, -0.2) is 0 Å². The summed E-state index contributed by atoms with van der Waals surface area (Å²) in [6.07, 6.45) is 1.55. The zero-order valence-corrected chi connectivity index (χ0v) is 6.95. The molecule has 0 aromatic heterocycles. The highest BCUT2D eigenvalue weighted by molar-refractivity contribution is 6.02. The monoisotopic (exact) mass is 169 g/mol. The van der Waals surface area contributed by atoms with Gasteiger partial charge in [0.15, 0.2) is 0 Å². The summed E-state index contributed by atoms with van der Waals surface area (Å²) in [6.45, 7) is 1.70. The molecule has 1 rings (SSSR count). The Bertz CT molecular complexity index is 208. The topological polar surface area (TPSA) is 54.5 Å². The van der Waals surface area contributed by atoms with Gasteiger partial charge in [-0.1, -0.05) is 0 Å². The van der Waals surface area contributed by atoms with E-state index < -0.39 is 0 Å². The van der Waals surface area contributed by atoms with E-state index in [0.717, 1.165) is 6.29 Å². The Morgan fingerprint density at radius 3 is 2.33 bits per heavy atom. The van der Waals surface area contributed by atoms with Gasteiger partial charge in [0.25, 0.3) is 0 Å². The number of carbonyl (C=O) groups is 3. The van der Waals surface area contributed by atoms with Gasteiger partial charge in [-0.3, -0.25) is 14.5 Å². The highest BCUT2D eigenvalue weighted by atomic mass is 16.2. The van der Waals surface area contributed by atoms with Crippen molar-refractivity contribution in [1.29, 1.82) is 0 Å². The lowest BCUT2D eigenvalue weighted by atomic mass is 10.2. The second kappa shape index (κ2) is 3.47. The van der Waals surface area contributed by atoms with Crippen molar-refractivity contribution in [3.8, 4) is 0 Å². The van der Waals surface area contributed by atoms with Crippen LogP contribution in [0.1, 0.15) is 26.2 Å². The fourth-order valence-electron chi connectivity index (χ4n) is 1.33. The Balaban J connectivity index is 2.65. The maximum absolute atomic E-state index is 11.1. The molecule has 4 nitrogen and oxygen atoms in total. The third kappa shape index (κ3) is 1.52. The van der Waals surface area contributed by atoms with Crippen molar-refractivity contribution in [1.82, 2.24) is 4.90 Å². The summed E-state index contributed by atoms with van der Waals surface area (Å²) in [7, 11) is 0. The molecule has 0 bridgehead atoms. The van der Waals surface area contributed by atoms with Crippen molar-refractivity contribution in [2.75, 3.05) is 0 Å². The number of carbonyl (C=O) groups excluding carboxylic acids is 3. The molecule has 1 aliphatic heterocycles. The molecule has 0 aromatic rings. The number of hydrogen-bond acceptors (Lipinski definition) is 3. The Hall–Kier alpha value is -1.19. The Morgan fingerprint density at radius 1 is 1.42 bits per heavy atom. The lowest BCUT2D eigenvalue weighted by Crippen LogP contribution is -2.37. The molecule has 12 heavy (non-hydrogen) atoms. The van der Waals surface area contributed by atoms with Crippen LogP contribution in [0, 0.1) is 0 Å². The molecule has 4 heteroatoms. The third-order valence-electron chi connectivity index (χ3n) is 1.97. The minimum Gasteiger partial charge on any atom is -0.303 e. The van der Waals surface area contributed by atoms with E-state index in [2.05, 4.69) is 0 Å². The van der Waals surface area contributed by atoms with Crippen LogP contribution in [0.4, 0.5) is 0 Å². The normalized spacial score (nSPS) is 19.9. The molecule has 2 amide bonds. The predicted octanol–water partition coefficient (Wildman–Crippen LogP) is 0.113. The molecule has 1 aliphatic rings. The van der Waals surface area contributed by atoms with Crippen LogP contribution in [0.25, 0.3) is 0 Å². The molecule has 0 aliphatic carbocycles. The van der Waals surface area contributed by atoms with Crippen molar-refractivity contribution >= 4 is 18.1 Å². The molecule has 0 saturated carbocycles. The van der Waals surface area contributed by atoms with Gasteiger partial charge in [-0.2, -0.15) is 0 Å². The first-order valence-corrected chi connectivity index (χ1v) is 3.95. The Labute approximate surface area is 70.5 Å². The van der Waals surface area contributed by atoms with Gasteiger partial charge >= 0.3 is 0 Å². The van der Waals surface area contributed by atoms with Crippen molar-refractivity contribution in [2.45, 2.75) is 32.2 Å². The predicted molar refractivity (Wildman–Crippen MR) is 41.2 cm³/mol. The van der Waals surface area contributed by atoms with Gasteiger partial charge in [-0.05, 0) is 6.92 Å². The molecule has 1 atom stereocenters. The molecule has 0 spiro atoms. The van der Waals surface area contributed by atoms with Crippen molar-refractivity contribution in [3.05, 3.63) is 0 Å². The van der Waals surface area contributed by atoms with Gasteiger partial charge in [-0.15, -0.1) is 0 Å². The van der Waals surface area contributed by atoms with Crippen LogP contribution >= 0.6 is 0 Å². The standard InChI is InChI=1S/C8H11NO3/c1-6(4-5-10)9-7(11)2-3-8(9)12/h5-6H,2-4H2,1H3/t6-/m1/s1. The summed E-state index contributed by atoms with van der Waals surface area (Å²) >= 11 is 0. The zero-order valence-electron chi connectivity index (χ0n) is 6.95. The second-order valence-corrected chi connectivity index (χ2v) is 2.91. The summed E-state index contributed by atoms with van der Waals surface area (Å²) in [4.78, 5) is 33.5. The highest BCUT2D eigenvalue weighted by Crippen LogP contribution is 2.16. The fraction of sp³-hybridized carbons (Fsp3) is 0.625. The number of rotatable bonds is 3. The van der Waals surface area contributed by atoms with Crippen molar-refractivity contribution in [3.63, 3.8) is 0 Å². The number of nitrogens with zero attached hydrogens (tertiary/aromatic N) is 1. The number of likely N-dealkylation sites (tertiary alicyclic amines) is 1. The average Bonchev–Trinajstić information content (AvgIpc) is 2.32. The first kappa shape index (κ1) is 8.90. The molecule has 1 fully saturated rings. The molecule has 0 radical (unpaired) electrons. The summed E-state index contributed by atoms with van der Waals surface area (Å²) in [5.74, 6) is -0.316. The van der Waals surface area contributed by atoms with Gasteiger partial charge in [0.2, 0.25) is 11.8 Å². The zero-order chi connectivity index (χ0) is 9.14. The first-order chi connectivity index (χ1) is 5.66. The van der Waals surface area contributed by atoms with Crippen LogP contribution in [0.5, 0.6) is 0 Å². The molecule has 1 heterocycles. The van der Waals surface area contributed by atoms with Gasteiger partial charge in [0, 0.05) is 25.3 Å². The van der Waals surface area contributed by atoms with Crippen LogP contribution < -0.4 is 0 Å². The average molecular weight is 169 g/mol. The molecular formula is C8H11NO3. The summed E-state index contributed by atoms with van der Waals surface area (Å²) in [6, 6.07) is -0.273. The van der Waals surface area contributed by atoms with Crippen LogP contribution in [0.3, 0.4) is 0 Å². The Morgan fingerprint density at radius 2 is 1.92 bits per heavy atom. The minimum atomic E-state index is -0.273. The second-order valence-electron chi connectivity index (χ2n) is 2.91. The van der Waals surface area contributed by atoms with E-state index in [4.69, 9.17) is 0 Å². The van der Waals surface area contributed by atoms with Crippen LogP contribution in [-0.2, 0) is 14.4 Å². The third-order valence-corrected chi connectivity index (χ3v) is 1.97. The molecule has 66 valence electrons. The summed E-state index contributed by atoms with van der Waals surface area (Å²) in [5, 5.41) is 0. The van der Waals surface area contributed by atoms with E-state index in [0.29, 0.717) is 12.8 Å². The van der Waals surface area contributed by atoms with Crippen molar-refractivity contribution in [2.24, 2.45) is 0 Å². The van der Waals surface area contributed by atoms with Gasteiger partial charge in [0.05, 0.1) is 0 Å². The SMILES string of the molecule is C[C@H](CC=O)N1C(=O)CCC1=O. The number of amides is 2. The molecule has 0 N–H and O–H groups in total. The molecule has 1 saturated heterocycles. The van der Waals surface area contributed by atoms with Crippen LogP contribution in [0.15, 0.2) is 0 Å². The van der Waals surface area contributed by atoms with E-state index in [9.17, 15) is 14.4 Å². The number of aldehydes is 1. The summed E-state index contributed by atoms with van der Waals surface area (Å²) in [5.41, 5.74) is 0. The molecular weight excluding hydrogens is 158 g/mol. The van der Waals surface area contributed by atoms with E-state index in [-0.39, 0.29) is 24.3 Å². The van der Waals surface area contributed by atoms with Crippen molar-refractivity contribution < 1.29 is 14.4 Å². The minimum absolute atomic E-state index is 0.158. The number of hydrogen-bond donors (Lipinski definition) is 0. The van der Waals surface area contributed by atoms with E-state index >= 15 is 0 Å². The fourth-order valence-corrected chi connectivity index (χ4v) is 1.33. The van der Waals surface area contributed by atoms with Crippen LogP contribution in [-0.4, -0.2) is 29.0 Å². The molecule has 0 aromatic carbocycles. The lowest BCUT2D eigenvalue weighted by molar-refractivity contribution is -0.140. The maximum Gasteiger partial charge on any atom is 0.229 e. The lowest BCUT2D eigenvalue weighted by Gasteiger charge is -2.19. The molecule has 0 unspecified atom stereocenters. The maximum atomic E-state index is 11.1. The largest absolute Gasteiger partial charge is 0.303 e. The first-order valence-electron chi connectivity index (χ1n) is 3.95. The Kier molecular flexibility index (Phi) is 2.58. The number of imide groups is 1. The summed E-state index contributed by atoms with van der Waals surface area (Å²) < 4.78 is 0. The van der Waals surface area contributed by atoms with E-state index in [1.807, 2.05) is 0 Å². The smallest absolute Gasteiger partial charge is 0.229 e. The van der Waals surface area contributed by atoms with Crippen LogP contribution in [0.2, 0.25) is 0 Å². The highest BCUT2D eigenvalue weighted by Gasteiger charge is 2.32. The van der Waals surface area contributed by atoms with E-state index in [1.165, 1.54) is 4.90 Å². The van der Waals surface area contributed by atoms with Gasteiger partial charge in [0.1, 0.15) is 6.29 Å². The quantitative estimate of drug-likeness (QED) is 0.445. The van der Waals surface area contributed by atoms with E-state index in [1.54, 1.807) is 6.92 Å². The van der Waals surface area contributed by atoms with Gasteiger partial charge < -0.3 is 4.79 Å².